The molecule has 0 spiro atoms. The van der Waals surface area contributed by atoms with Crippen LogP contribution in [0.4, 0.5) is 0 Å². The molecule has 14 heavy (non-hydrogen) atoms. The van der Waals surface area contributed by atoms with Crippen molar-refractivity contribution in [1.82, 2.24) is 0 Å². The molecule has 0 aromatic heterocycles. The van der Waals surface area contributed by atoms with E-state index in [0.29, 0.717) is 13.0 Å². The Morgan fingerprint density at radius 2 is 1.86 bits per heavy atom. The Morgan fingerprint density at radius 1 is 1.29 bits per heavy atom. The summed E-state index contributed by atoms with van der Waals surface area (Å²) in [5, 5.41) is 4.94. The van der Waals surface area contributed by atoms with E-state index >= 15 is 0 Å². The highest BCUT2D eigenvalue weighted by atomic mass is 32.2. The molecule has 0 aliphatic rings. The number of hydrogen-bond acceptors (Lipinski definition) is 4. The van der Waals surface area contributed by atoms with E-state index in [1.54, 1.807) is 12.1 Å². The molecule has 0 radical (unpaired) electrons. The van der Waals surface area contributed by atoms with Crippen molar-refractivity contribution >= 4 is 22.4 Å². The zero-order valence-electron chi connectivity index (χ0n) is 7.38. The maximum atomic E-state index is 10.9. The molecule has 1 rings (SSSR count). The van der Waals surface area contributed by atoms with Crippen LogP contribution in [0.15, 0.2) is 33.5 Å². The van der Waals surface area contributed by atoms with Crippen molar-refractivity contribution in [3.8, 4) is 0 Å². The number of nitrogens with two attached hydrogens (primary N) is 1. The number of rotatable bonds is 4. The van der Waals surface area contributed by atoms with Crippen LogP contribution < -0.4 is 5.14 Å². The molecule has 0 aliphatic carbocycles. The molecule has 4 nitrogen and oxygen atoms in total. The topological polar surface area (TPSA) is 72.5 Å². The first-order chi connectivity index (χ1) is 6.54. The van der Waals surface area contributed by atoms with Gasteiger partial charge in [0.1, 0.15) is 0 Å². The average Bonchev–Trinajstić information content (AvgIpc) is 2.14. The van der Waals surface area contributed by atoms with Crippen LogP contribution in [0.25, 0.3) is 0 Å². The molecule has 0 amide bonds. The van der Waals surface area contributed by atoms with E-state index in [9.17, 15) is 8.42 Å². The van der Waals surface area contributed by atoms with Crippen LogP contribution in [0.5, 0.6) is 0 Å². The average molecular weight is 230 g/mol. The Hall–Kier alpha value is -0.850. The lowest BCUT2D eigenvalue weighted by molar-refractivity contribution is 0.598. The summed E-state index contributed by atoms with van der Waals surface area (Å²) in [6.07, 6.45) is 0.717. The lowest BCUT2D eigenvalue weighted by atomic mass is 10.2. The standard InChI is InChI=1S/C8H10N2O2S2/c9-14(11,12)8-3-1-7(2-4-8)5-6-10-13/h1-4H,5-6H2,(H2,9,11,12). The Kier molecular flexibility index (Phi) is 3.68. The summed E-state index contributed by atoms with van der Waals surface area (Å²) >= 11 is 4.45. The number of nitrogens with zero attached hydrogens (tertiary/aromatic N) is 1. The summed E-state index contributed by atoms with van der Waals surface area (Å²) in [6, 6.07) is 6.38. The SMILES string of the molecule is NS(=O)(=O)c1ccc(CCN=S)cc1. The molecule has 0 heterocycles. The molecule has 1 aromatic rings. The van der Waals surface area contributed by atoms with Crippen LogP contribution in [0.2, 0.25) is 0 Å². The van der Waals surface area contributed by atoms with Crippen LogP contribution in [-0.4, -0.2) is 15.0 Å². The lowest BCUT2D eigenvalue weighted by Gasteiger charge is -2.00. The second kappa shape index (κ2) is 4.59. The summed E-state index contributed by atoms with van der Waals surface area (Å²) in [6.45, 7) is 0.560. The summed E-state index contributed by atoms with van der Waals surface area (Å²) in [5.41, 5.74) is 0.992. The quantitative estimate of drug-likeness (QED) is 0.823. The number of benzene rings is 1. The van der Waals surface area contributed by atoms with E-state index in [0.717, 1.165) is 5.56 Å². The van der Waals surface area contributed by atoms with Crippen molar-refractivity contribution in [2.45, 2.75) is 11.3 Å². The molecule has 76 valence electrons. The van der Waals surface area contributed by atoms with Gasteiger partial charge in [0.25, 0.3) is 0 Å². The van der Waals surface area contributed by atoms with E-state index in [2.05, 4.69) is 16.8 Å². The largest absolute Gasteiger partial charge is 0.238 e. The van der Waals surface area contributed by atoms with Crippen molar-refractivity contribution in [3.05, 3.63) is 29.8 Å². The van der Waals surface area contributed by atoms with Crippen molar-refractivity contribution in [1.29, 1.82) is 0 Å². The molecule has 0 unspecified atom stereocenters. The fourth-order valence-electron chi connectivity index (χ4n) is 1.02. The molecule has 2 N–H and O–H groups in total. The molecule has 0 bridgehead atoms. The molecule has 0 atom stereocenters. The van der Waals surface area contributed by atoms with Gasteiger partial charge in [0.2, 0.25) is 10.0 Å². The molecule has 6 heteroatoms. The van der Waals surface area contributed by atoms with Gasteiger partial charge >= 0.3 is 0 Å². The second-order valence-electron chi connectivity index (χ2n) is 2.79. The number of hydrogen-bond donors (Lipinski definition) is 1. The zero-order valence-corrected chi connectivity index (χ0v) is 9.01. The normalized spacial score (nSPS) is 11.2. The number of sulfonamides is 1. The maximum absolute atomic E-state index is 10.9. The molecule has 1 aromatic carbocycles. The predicted octanol–water partition coefficient (Wildman–Crippen LogP) is 0.607. The van der Waals surface area contributed by atoms with Gasteiger partial charge in [0.15, 0.2) is 0 Å². The highest BCUT2D eigenvalue weighted by Gasteiger charge is 2.05. The lowest BCUT2D eigenvalue weighted by Crippen LogP contribution is -2.11. The van der Waals surface area contributed by atoms with Crippen LogP contribution in [0.1, 0.15) is 5.56 Å². The van der Waals surface area contributed by atoms with Crippen LogP contribution in [0, 0.1) is 0 Å². The molecular formula is C8H10N2O2S2. The Morgan fingerprint density at radius 3 is 2.29 bits per heavy atom. The van der Waals surface area contributed by atoms with Crippen LogP contribution >= 0.6 is 0 Å². The van der Waals surface area contributed by atoms with Gasteiger partial charge in [-0.15, -0.1) is 0 Å². The first-order valence-corrected chi connectivity index (χ1v) is 5.86. The van der Waals surface area contributed by atoms with Gasteiger partial charge in [-0.1, -0.05) is 12.1 Å². The van der Waals surface area contributed by atoms with E-state index in [4.69, 9.17) is 5.14 Å². The summed E-state index contributed by atoms with van der Waals surface area (Å²) in [5.74, 6) is 0. The first-order valence-electron chi connectivity index (χ1n) is 3.95. The minimum atomic E-state index is -3.58. The van der Waals surface area contributed by atoms with Crippen LogP contribution in [-0.2, 0) is 28.9 Å². The van der Waals surface area contributed by atoms with E-state index < -0.39 is 10.0 Å². The van der Waals surface area contributed by atoms with E-state index in [1.807, 2.05) is 0 Å². The van der Waals surface area contributed by atoms with Gasteiger partial charge in [0, 0.05) is 12.4 Å². The Labute approximate surface area is 88.4 Å². The summed E-state index contributed by atoms with van der Waals surface area (Å²) < 4.78 is 25.3. The third kappa shape index (κ3) is 3.13. The fourth-order valence-corrected chi connectivity index (χ4v) is 1.63. The van der Waals surface area contributed by atoms with Crippen molar-refractivity contribution in [2.24, 2.45) is 9.50 Å². The molecule has 0 saturated carbocycles. The third-order valence-corrected chi connectivity index (χ3v) is 2.86. The highest BCUT2D eigenvalue weighted by molar-refractivity contribution is 7.89. The summed E-state index contributed by atoms with van der Waals surface area (Å²) in [4.78, 5) is 0.122. The van der Waals surface area contributed by atoms with Crippen LogP contribution in [0.3, 0.4) is 0 Å². The van der Waals surface area contributed by atoms with Crippen molar-refractivity contribution in [2.75, 3.05) is 6.54 Å². The van der Waals surface area contributed by atoms with Gasteiger partial charge < -0.3 is 0 Å². The summed E-state index contributed by atoms with van der Waals surface area (Å²) in [7, 11) is -3.58. The van der Waals surface area contributed by atoms with E-state index in [-0.39, 0.29) is 4.90 Å². The fraction of sp³-hybridized carbons (Fsp3) is 0.250. The van der Waals surface area contributed by atoms with E-state index in [1.165, 1.54) is 12.1 Å². The third-order valence-electron chi connectivity index (χ3n) is 1.74. The van der Waals surface area contributed by atoms with Gasteiger partial charge in [0.05, 0.1) is 11.4 Å². The molecule has 0 saturated heterocycles. The van der Waals surface area contributed by atoms with Gasteiger partial charge in [-0.2, -0.15) is 0 Å². The minimum Gasteiger partial charge on any atom is -0.225 e. The zero-order chi connectivity index (χ0) is 10.6. The molecular weight excluding hydrogens is 220 g/mol. The Balaban J connectivity index is 2.84. The second-order valence-corrected chi connectivity index (χ2v) is 4.61. The highest BCUT2D eigenvalue weighted by Crippen LogP contribution is 2.09. The van der Waals surface area contributed by atoms with Crippen molar-refractivity contribution < 1.29 is 8.42 Å². The van der Waals surface area contributed by atoms with Gasteiger partial charge in [-0.3, -0.25) is 0 Å². The van der Waals surface area contributed by atoms with Crippen molar-refractivity contribution in [3.63, 3.8) is 0 Å². The first kappa shape index (κ1) is 11.2. The Bertz CT molecular complexity index is 411. The molecule has 0 fully saturated rings. The predicted molar refractivity (Wildman–Crippen MR) is 56.2 cm³/mol. The smallest absolute Gasteiger partial charge is 0.225 e. The minimum absolute atomic E-state index is 0.122. The van der Waals surface area contributed by atoms with Gasteiger partial charge in [-0.05, 0) is 24.1 Å². The number of primary sulfonamides is 1. The van der Waals surface area contributed by atoms with Gasteiger partial charge in [-0.25, -0.2) is 17.9 Å². The molecule has 0 aliphatic heterocycles. The maximum Gasteiger partial charge on any atom is 0.238 e. The monoisotopic (exact) mass is 230 g/mol.